The predicted molar refractivity (Wildman–Crippen MR) is 257 cm³/mol. The molecule has 4 aliphatic rings. The standard InChI is InChI=1S/C46H66N12O24/c59-11-27-31(63)35(67)39(71)43(79-27)75-15-23-7-55(51-47-23)3-19-1-20(4-56-8-24(48-52-56)16-76-44-40(72)36(68)32(64)28(12-60)80-44)22(6-58-10-26(50-54-58)18-78-46-42(74)38(70)34(66)30(14-62)82-46)2-21(19)5-57-9-25(49-53-57)17-77-45-41(73)37(69)33(65)29(13-61)81-45/h1-2,7-10,27-46,59-74H,3-6,11-18H2/t27-,28-,29-,30-,31-,32-,33-,34-,35+,36+,37+,38+,39+,40+,41+,42+,43+,44+,45+,46+/m1/s1. The average molecular weight is 1170 g/mol. The van der Waals surface area contributed by atoms with Crippen molar-refractivity contribution >= 4 is 0 Å². The van der Waals surface area contributed by atoms with E-state index in [9.17, 15) is 81.7 Å². The number of aliphatic hydroxyl groups excluding tert-OH is 16. The van der Waals surface area contributed by atoms with Gasteiger partial charge in [-0.15, -0.1) is 20.4 Å². The van der Waals surface area contributed by atoms with E-state index >= 15 is 0 Å². The highest BCUT2D eigenvalue weighted by atomic mass is 16.7. The van der Waals surface area contributed by atoms with Gasteiger partial charge in [0.1, 0.15) is 120 Å². The van der Waals surface area contributed by atoms with Crippen molar-refractivity contribution in [1.82, 2.24) is 60.0 Å². The summed E-state index contributed by atoms with van der Waals surface area (Å²) >= 11 is 0. The molecule has 4 saturated heterocycles. The van der Waals surface area contributed by atoms with Crippen LogP contribution in [0.3, 0.4) is 0 Å². The van der Waals surface area contributed by atoms with Gasteiger partial charge in [0.05, 0.1) is 104 Å². The Morgan fingerprint density at radius 3 is 0.720 bits per heavy atom. The van der Waals surface area contributed by atoms with Gasteiger partial charge in [0.15, 0.2) is 25.2 Å². The van der Waals surface area contributed by atoms with Gasteiger partial charge in [0, 0.05) is 0 Å². The summed E-state index contributed by atoms with van der Waals surface area (Å²) in [7, 11) is 0. The second kappa shape index (κ2) is 27.2. The fourth-order valence-electron chi connectivity index (χ4n) is 9.50. The zero-order valence-corrected chi connectivity index (χ0v) is 43.3. The van der Waals surface area contributed by atoms with E-state index in [1.807, 2.05) is 12.1 Å². The summed E-state index contributed by atoms with van der Waals surface area (Å²) in [6.45, 7) is -3.77. The number of hydrogen-bond donors (Lipinski definition) is 16. The third-order valence-electron chi connectivity index (χ3n) is 14.2. The molecule has 0 unspecified atom stereocenters. The molecule has 16 N–H and O–H groups in total. The molecule has 0 amide bonds. The van der Waals surface area contributed by atoms with Crippen molar-refractivity contribution in [3.8, 4) is 0 Å². The molecule has 8 heterocycles. The highest BCUT2D eigenvalue weighted by molar-refractivity contribution is 5.39. The average Bonchev–Trinajstić information content (AvgIpc) is 4.47. The molecule has 0 bridgehead atoms. The van der Waals surface area contributed by atoms with Crippen LogP contribution in [-0.4, -0.2) is 291 Å². The van der Waals surface area contributed by atoms with E-state index in [0.717, 1.165) is 0 Å². The number of ether oxygens (including phenoxy) is 8. The van der Waals surface area contributed by atoms with E-state index in [4.69, 9.17) is 37.9 Å². The minimum absolute atomic E-state index is 0.0236. The fourth-order valence-corrected chi connectivity index (χ4v) is 9.50. The van der Waals surface area contributed by atoms with E-state index in [2.05, 4.69) is 41.2 Å². The number of aromatic nitrogens is 12. The number of benzene rings is 1. The molecule has 454 valence electrons. The van der Waals surface area contributed by atoms with Crippen LogP contribution in [0.15, 0.2) is 36.9 Å². The maximum atomic E-state index is 10.5. The lowest BCUT2D eigenvalue weighted by molar-refractivity contribution is -0.304. The van der Waals surface area contributed by atoms with E-state index in [1.54, 1.807) is 0 Å². The van der Waals surface area contributed by atoms with Crippen molar-refractivity contribution in [2.45, 2.75) is 175 Å². The van der Waals surface area contributed by atoms with Crippen molar-refractivity contribution < 1.29 is 120 Å². The maximum Gasteiger partial charge on any atom is 0.187 e. The molecule has 82 heavy (non-hydrogen) atoms. The highest BCUT2D eigenvalue weighted by Crippen LogP contribution is 2.28. The van der Waals surface area contributed by atoms with E-state index in [-0.39, 0.29) is 75.4 Å². The predicted octanol–water partition coefficient (Wildman–Crippen LogP) is -10.5. The summed E-state index contributed by atoms with van der Waals surface area (Å²) in [4.78, 5) is 0. The van der Waals surface area contributed by atoms with Crippen molar-refractivity contribution in [1.29, 1.82) is 0 Å². The Morgan fingerprint density at radius 1 is 0.317 bits per heavy atom. The van der Waals surface area contributed by atoms with Gasteiger partial charge in [-0.25, -0.2) is 18.7 Å². The Balaban J connectivity index is 0.995. The summed E-state index contributed by atoms with van der Waals surface area (Å²) in [5.74, 6) is 0. The maximum absolute atomic E-state index is 10.5. The lowest BCUT2D eigenvalue weighted by Crippen LogP contribution is -2.59. The largest absolute Gasteiger partial charge is 0.394 e. The second-order valence-corrected chi connectivity index (χ2v) is 20.1. The smallest absolute Gasteiger partial charge is 0.187 e. The molecule has 5 aromatic rings. The third kappa shape index (κ3) is 14.0. The molecule has 0 spiro atoms. The number of rotatable bonds is 24. The van der Waals surface area contributed by atoms with E-state index < -0.39 is 149 Å². The van der Waals surface area contributed by atoms with Gasteiger partial charge in [-0.05, 0) is 22.3 Å². The van der Waals surface area contributed by atoms with Crippen molar-refractivity contribution in [3.05, 3.63) is 81.9 Å². The fraction of sp³-hybridized carbons (Fsp3) is 0.696. The molecule has 1 aromatic carbocycles. The first-order valence-corrected chi connectivity index (χ1v) is 25.7. The van der Waals surface area contributed by atoms with Gasteiger partial charge >= 0.3 is 0 Å². The van der Waals surface area contributed by atoms with E-state index in [0.29, 0.717) is 22.3 Å². The van der Waals surface area contributed by atoms with Crippen LogP contribution in [0, 0.1) is 0 Å². The first-order chi connectivity index (χ1) is 39.4. The summed E-state index contributed by atoms with van der Waals surface area (Å²) in [5.41, 5.74) is 3.42. The van der Waals surface area contributed by atoms with Crippen LogP contribution in [0.4, 0.5) is 0 Å². The van der Waals surface area contributed by atoms with Crippen molar-refractivity contribution in [2.75, 3.05) is 26.4 Å². The number of nitrogens with zero attached hydrogens (tertiary/aromatic N) is 12. The molecule has 4 fully saturated rings. The minimum Gasteiger partial charge on any atom is -0.394 e. The molecular formula is C46H66N12O24. The van der Waals surface area contributed by atoms with Gasteiger partial charge in [0.25, 0.3) is 0 Å². The summed E-state index contributed by atoms with van der Waals surface area (Å²) in [5, 5.41) is 197. The molecule has 9 rings (SSSR count). The van der Waals surface area contributed by atoms with Crippen LogP contribution in [0.2, 0.25) is 0 Å². The molecule has 20 atom stereocenters. The Labute approximate surface area is 462 Å². The zero-order chi connectivity index (χ0) is 58.5. The Kier molecular flexibility index (Phi) is 20.4. The molecular weight excluding hydrogens is 1100 g/mol. The summed E-state index contributed by atoms with van der Waals surface area (Å²) < 4.78 is 50.5. The van der Waals surface area contributed by atoms with Crippen LogP contribution < -0.4 is 0 Å². The zero-order valence-electron chi connectivity index (χ0n) is 43.3. The molecule has 4 aliphatic heterocycles. The van der Waals surface area contributed by atoms with Crippen LogP contribution in [0.1, 0.15) is 45.0 Å². The van der Waals surface area contributed by atoms with Gasteiger partial charge in [-0.3, -0.25) is 0 Å². The SMILES string of the molecule is OC[C@H]1O[C@H](OCc2cn(Cc3cc(Cn4cc(CO[C@H]5O[C@H](CO)[C@@H](O)[C@H](O)[C@@H]5O)nn4)c(Cn4cc(CO[C@H]5O[C@H](CO)[C@@H](O)[C@H](O)[C@@H]5O)nn4)cc3Cn3cc(CO[C@H]4O[C@H](CO)[C@@H](O)[C@H](O)[C@@H]4O)nn3)nn2)[C@@H](O)[C@@H](O)[C@@H]1O. The third-order valence-corrected chi connectivity index (χ3v) is 14.2. The number of aliphatic hydroxyl groups is 16. The van der Waals surface area contributed by atoms with Crippen LogP contribution in [0.5, 0.6) is 0 Å². The monoisotopic (exact) mass is 1170 g/mol. The second-order valence-electron chi connectivity index (χ2n) is 20.1. The Morgan fingerprint density at radius 2 is 0.524 bits per heavy atom. The Hall–Kier alpha value is -5.18. The Bertz CT molecular complexity index is 2440. The van der Waals surface area contributed by atoms with Crippen LogP contribution in [0.25, 0.3) is 0 Å². The first-order valence-electron chi connectivity index (χ1n) is 25.7. The molecule has 0 radical (unpaired) electrons. The topological polar surface area (TPSA) is 520 Å². The van der Waals surface area contributed by atoms with Gasteiger partial charge in [-0.1, -0.05) is 33.0 Å². The van der Waals surface area contributed by atoms with Gasteiger partial charge in [-0.2, -0.15) is 0 Å². The van der Waals surface area contributed by atoms with Crippen molar-refractivity contribution in [2.24, 2.45) is 0 Å². The minimum atomic E-state index is -1.68. The number of hydrogen-bond acceptors (Lipinski definition) is 32. The quantitative estimate of drug-likeness (QED) is 0.0273. The molecule has 0 aliphatic carbocycles. The van der Waals surface area contributed by atoms with Gasteiger partial charge in [0.2, 0.25) is 0 Å². The summed E-state index contributed by atoms with van der Waals surface area (Å²) in [6.07, 6.45) is -24.4. The van der Waals surface area contributed by atoms with Gasteiger partial charge < -0.3 is 120 Å². The van der Waals surface area contributed by atoms with Crippen LogP contribution >= 0.6 is 0 Å². The summed E-state index contributed by atoms with van der Waals surface area (Å²) in [6, 6.07) is 3.67. The normalized spacial score (nSPS) is 34.4. The molecule has 4 aromatic heterocycles. The van der Waals surface area contributed by atoms with Crippen molar-refractivity contribution in [3.63, 3.8) is 0 Å². The first kappa shape index (κ1) is 61.4. The van der Waals surface area contributed by atoms with E-state index in [1.165, 1.54) is 43.5 Å². The molecule has 36 heteroatoms. The lowest BCUT2D eigenvalue weighted by Gasteiger charge is -2.39. The lowest BCUT2D eigenvalue weighted by atomic mass is 9.97. The highest BCUT2D eigenvalue weighted by Gasteiger charge is 2.47. The molecule has 0 saturated carbocycles. The van der Waals surface area contributed by atoms with Crippen LogP contribution in [-0.2, 0) is 90.5 Å². The molecule has 36 nitrogen and oxygen atoms in total.